The van der Waals surface area contributed by atoms with Gasteiger partial charge in [-0.1, -0.05) is 200 Å². The van der Waals surface area contributed by atoms with Crippen LogP contribution in [0.5, 0.6) is 0 Å². The van der Waals surface area contributed by atoms with Gasteiger partial charge in [-0.05, 0) is 125 Å². The van der Waals surface area contributed by atoms with Gasteiger partial charge in [0.2, 0.25) is 17.7 Å². The van der Waals surface area contributed by atoms with E-state index in [-0.39, 0.29) is 63.1 Å². The minimum Gasteiger partial charge on any atom is -0.459 e. The van der Waals surface area contributed by atoms with Gasteiger partial charge in [0.15, 0.2) is 0 Å². The zero-order chi connectivity index (χ0) is 87.8. The minimum absolute atomic E-state index is 0.140. The number of carbonyl (C=O) groups is 17. The molecule has 9 aromatic rings. The first-order valence-electron chi connectivity index (χ1n) is 39.4. The quantitative estimate of drug-likeness (QED) is 0.0247. The molecule has 0 aliphatic carbocycles. The van der Waals surface area contributed by atoms with E-state index in [1.807, 2.05) is 0 Å². The maximum absolute atomic E-state index is 16.6. The predicted molar refractivity (Wildman–Crippen MR) is 439 cm³/mol. The van der Waals surface area contributed by atoms with Gasteiger partial charge in [0.1, 0.15) is 60.5 Å². The van der Waals surface area contributed by atoms with E-state index >= 15 is 52.7 Å². The number of hydrogen-bond donors (Lipinski definition) is 4. The molecular weight excluding hydrogens is 1580 g/mol. The van der Waals surface area contributed by atoms with Crippen LogP contribution in [-0.2, 0) is 80.1 Å². The number of hydrazine groups is 4. The number of nitrogens with one attached hydrogen (secondary N) is 4. The van der Waals surface area contributed by atoms with Crippen LogP contribution in [0, 0.1) is 0 Å². The van der Waals surface area contributed by atoms with Crippen LogP contribution >= 0.6 is 0 Å². The van der Waals surface area contributed by atoms with Gasteiger partial charge in [0.05, 0.1) is 44.5 Å². The summed E-state index contributed by atoms with van der Waals surface area (Å²) in [5.74, 6) is -19.2. The Kier molecular flexibility index (Phi) is 25.3. The molecule has 4 heterocycles. The van der Waals surface area contributed by atoms with Crippen molar-refractivity contribution in [2.24, 2.45) is 0 Å². The number of rotatable bonds is 30. The number of carbonyl (C=O) groups excluding carboxylic acids is 17. The number of nitrogens with zero attached hydrogens (tertiary/aromatic N) is 8. The highest BCUT2D eigenvalue weighted by Crippen LogP contribution is 2.33. The Morgan fingerprint density at radius 2 is 0.480 bits per heavy atom. The third-order valence-corrected chi connectivity index (χ3v) is 21.0. The largest absolute Gasteiger partial charge is 0.459 e. The van der Waals surface area contributed by atoms with Crippen molar-refractivity contribution in [1.82, 2.24) is 61.3 Å². The standard InChI is InChI=1S/C92H84N12O19/c1-54(97(101-78(108)63-41-23-24-42-64(63)79(101)109)87(117)72(50-59-33-15-9-16-34-59)94-77(107)56(3)99(103-82(112)67-45-27-28-46-68(67)83(103)113)89(119)74(52-61-37-19-11-20-38-61)96-91(121)123-92(5,6)7)75(105)93-71(49-58-31-13-8-14-32-58)86(116)98(102-80(110)65-43-25-26-44-66(65)81(102)111)55(2)76(106)95-73(51-60-35-17-10-18-36-60)88(118)100(57(4)90(120)122-53-62-39-21-12-22-40-62)104-84(114)69-47-29-30-48-70(69)85(104)115/h8-48,54-57,71-74H,49-53H2,1-7H3,(H,93,105)(H,94,107)(H,95,106)(H,96,121)/t54-,55-,56-,57-,71-,72-,73-,74-/m0/s1. The van der Waals surface area contributed by atoms with E-state index in [0.717, 1.165) is 20.8 Å². The van der Waals surface area contributed by atoms with Gasteiger partial charge in [0, 0.05) is 25.7 Å². The van der Waals surface area contributed by atoms with Crippen molar-refractivity contribution in [3.05, 3.63) is 321 Å². The van der Waals surface area contributed by atoms with Gasteiger partial charge >= 0.3 is 12.1 Å². The fourth-order valence-corrected chi connectivity index (χ4v) is 14.8. The Hall–Kier alpha value is -15.4. The average molecular weight is 1660 g/mol. The zero-order valence-corrected chi connectivity index (χ0v) is 67.7. The third-order valence-electron chi connectivity index (χ3n) is 21.0. The molecule has 0 saturated heterocycles. The zero-order valence-electron chi connectivity index (χ0n) is 67.7. The van der Waals surface area contributed by atoms with Crippen molar-refractivity contribution in [2.75, 3.05) is 0 Å². The summed E-state index contributed by atoms with van der Waals surface area (Å²) >= 11 is 0. The van der Waals surface area contributed by atoms with Crippen molar-refractivity contribution in [3.63, 3.8) is 0 Å². The highest BCUT2D eigenvalue weighted by Gasteiger charge is 2.54. The Labute approximate surface area is 705 Å². The topological polar surface area (TPSA) is 383 Å². The molecule has 0 fully saturated rings. The number of esters is 1. The molecule has 4 aliphatic heterocycles. The van der Waals surface area contributed by atoms with Gasteiger partial charge < -0.3 is 30.7 Å². The summed E-state index contributed by atoms with van der Waals surface area (Å²) < 4.78 is 11.3. The third kappa shape index (κ3) is 18.0. The van der Waals surface area contributed by atoms with Crippen LogP contribution in [0.3, 0.4) is 0 Å². The van der Waals surface area contributed by atoms with E-state index in [2.05, 4.69) is 21.3 Å². The van der Waals surface area contributed by atoms with Gasteiger partial charge in [-0.15, -0.1) is 0 Å². The highest BCUT2D eigenvalue weighted by atomic mass is 16.6. The molecule has 0 saturated carbocycles. The lowest BCUT2D eigenvalue weighted by atomic mass is 10.0. The maximum Gasteiger partial charge on any atom is 0.408 e. The second-order valence-corrected chi connectivity index (χ2v) is 30.5. The Bertz CT molecular complexity index is 5580. The van der Waals surface area contributed by atoms with Crippen LogP contribution in [0.2, 0.25) is 0 Å². The van der Waals surface area contributed by atoms with E-state index in [1.165, 1.54) is 116 Å². The summed E-state index contributed by atoms with van der Waals surface area (Å²) in [6.45, 7) is 8.85. The molecule has 4 aliphatic rings. The number of benzene rings is 9. The fourth-order valence-electron chi connectivity index (χ4n) is 14.8. The summed E-state index contributed by atoms with van der Waals surface area (Å²) in [7, 11) is 0. The number of amides is 16. The second kappa shape index (κ2) is 36.4. The number of imide groups is 4. The summed E-state index contributed by atoms with van der Waals surface area (Å²) in [4.78, 5) is 260. The Balaban J connectivity index is 0.874. The number of hydrogen-bond acceptors (Lipinski definition) is 19. The van der Waals surface area contributed by atoms with Crippen LogP contribution in [0.15, 0.2) is 249 Å². The van der Waals surface area contributed by atoms with Crippen LogP contribution in [0.1, 0.15) is 159 Å². The fraction of sp³-hybridized carbons (Fsp3) is 0.228. The average Bonchev–Trinajstić information content (AvgIpc) is 1.63. The van der Waals surface area contributed by atoms with Gasteiger partial charge in [-0.2, -0.15) is 20.0 Å². The molecule has 0 spiro atoms. The SMILES string of the molecule is C[C@@H](C(=O)N[C@@H](Cc1ccccc1)C(=O)N([C@@H](C)C(=O)N[C@@H](Cc1ccccc1)C(=O)N([C@@H](C)C(=O)N[C@@H](Cc1ccccc1)C(=O)N([C@@H](C)C(=O)OCc1ccccc1)N1C(=O)c2ccccc2C1=O)N1C(=O)c2ccccc2C1=O)N1C(=O)c2ccccc2C1=O)N(C(=O)[C@H](Cc1ccccc1)NC(=O)OC(C)(C)C)N1C(=O)c2ccccc2C1=O. The monoisotopic (exact) mass is 1660 g/mol. The molecule has 123 heavy (non-hydrogen) atoms. The maximum atomic E-state index is 16.6. The second-order valence-electron chi connectivity index (χ2n) is 30.5. The lowest BCUT2D eigenvalue weighted by molar-refractivity contribution is -0.165. The number of fused-ring (bicyclic) bond motifs is 4. The molecule has 4 N–H and O–H groups in total. The van der Waals surface area contributed by atoms with E-state index < -0.39 is 174 Å². The van der Waals surface area contributed by atoms with Gasteiger partial charge in [-0.25, -0.2) is 29.6 Å². The van der Waals surface area contributed by atoms with E-state index in [9.17, 15) is 28.8 Å². The molecule has 16 amide bonds. The van der Waals surface area contributed by atoms with Crippen molar-refractivity contribution in [1.29, 1.82) is 0 Å². The first kappa shape index (κ1) is 85.5. The molecule has 0 radical (unpaired) electrons. The van der Waals surface area contributed by atoms with Gasteiger partial charge in [0.25, 0.3) is 70.9 Å². The number of ether oxygens (including phenoxy) is 2. The molecular formula is C92H84N12O19. The summed E-state index contributed by atoms with van der Waals surface area (Å²) in [6, 6.07) is 46.6. The minimum atomic E-state index is -2.19. The van der Waals surface area contributed by atoms with Crippen LogP contribution in [-0.4, -0.2) is 195 Å². The normalized spacial score (nSPS) is 15.2. The predicted octanol–water partition coefficient (Wildman–Crippen LogP) is 7.76. The van der Waals surface area contributed by atoms with Crippen molar-refractivity contribution < 1.29 is 91.0 Å². The molecule has 8 atom stereocenters. The lowest BCUT2D eigenvalue weighted by Gasteiger charge is -2.40. The van der Waals surface area contributed by atoms with Crippen molar-refractivity contribution >= 4 is 101 Å². The van der Waals surface area contributed by atoms with Crippen molar-refractivity contribution in [3.8, 4) is 0 Å². The molecule has 0 unspecified atom stereocenters. The molecule has 0 aromatic heterocycles. The summed E-state index contributed by atoms with van der Waals surface area (Å²) in [6.07, 6.45) is -3.02. The smallest absolute Gasteiger partial charge is 0.408 e. The van der Waals surface area contributed by atoms with Crippen LogP contribution in [0.25, 0.3) is 0 Å². The van der Waals surface area contributed by atoms with E-state index in [0.29, 0.717) is 62.3 Å². The molecule has 13 rings (SSSR count). The van der Waals surface area contributed by atoms with Crippen LogP contribution < -0.4 is 21.3 Å². The summed E-state index contributed by atoms with van der Waals surface area (Å²) in [5, 5.41) is 14.1. The first-order chi connectivity index (χ1) is 58.9. The Morgan fingerprint density at radius 1 is 0.285 bits per heavy atom. The molecule has 626 valence electrons. The lowest BCUT2D eigenvalue weighted by Crippen LogP contribution is -2.67. The Morgan fingerprint density at radius 3 is 0.699 bits per heavy atom. The van der Waals surface area contributed by atoms with E-state index in [1.54, 1.807) is 160 Å². The summed E-state index contributed by atoms with van der Waals surface area (Å²) in [5.41, 5.74) is -0.852. The molecule has 31 nitrogen and oxygen atoms in total. The first-order valence-corrected chi connectivity index (χ1v) is 39.4. The molecule has 31 heteroatoms. The molecule has 9 aromatic carbocycles. The van der Waals surface area contributed by atoms with Gasteiger partial charge in [-0.3, -0.25) is 71.9 Å². The number of alkyl carbamates (subject to hydrolysis) is 1. The highest BCUT2D eigenvalue weighted by molar-refractivity contribution is 6.25. The van der Waals surface area contributed by atoms with Crippen LogP contribution in [0.4, 0.5) is 4.79 Å². The van der Waals surface area contributed by atoms with E-state index in [4.69, 9.17) is 9.47 Å². The molecule has 0 bridgehead atoms. The van der Waals surface area contributed by atoms with Crippen molar-refractivity contribution in [2.45, 2.75) is 135 Å².